The number of fused-ring (bicyclic) bond motifs is 1. The van der Waals surface area contributed by atoms with E-state index in [0.29, 0.717) is 23.0 Å². The Morgan fingerprint density at radius 1 is 1.36 bits per heavy atom. The molecular formula is C19H18N4O3S2. The van der Waals surface area contributed by atoms with Crippen molar-refractivity contribution < 1.29 is 9.72 Å². The summed E-state index contributed by atoms with van der Waals surface area (Å²) < 4.78 is 2.96. The summed E-state index contributed by atoms with van der Waals surface area (Å²) in [4.78, 5) is 28.7. The fraction of sp³-hybridized carbons (Fsp3) is 0.263. The third kappa shape index (κ3) is 3.87. The minimum absolute atomic E-state index is 0.0556. The van der Waals surface area contributed by atoms with Gasteiger partial charge < -0.3 is 5.32 Å². The number of carbonyl (C=O) groups is 1. The van der Waals surface area contributed by atoms with E-state index in [0.717, 1.165) is 22.2 Å². The zero-order valence-electron chi connectivity index (χ0n) is 15.1. The molecule has 3 aromatic rings. The van der Waals surface area contributed by atoms with E-state index in [-0.39, 0.29) is 17.6 Å². The molecule has 7 nitrogen and oxygen atoms in total. The molecule has 2 aromatic carbocycles. The SMILES string of the molecule is Cc1ccc2nc(NC(=O)[C@H]3CCCN3Sc3ccccc3[N+](=O)[O-])sc2c1. The predicted octanol–water partition coefficient (Wildman–Crippen LogP) is 4.62. The standard InChI is InChI=1S/C19H18N4O3S2/c1-12-8-9-13-17(11-12)27-19(20-13)21-18(24)15-6-4-10-22(15)28-16-7-3-2-5-14(16)23(25)26/h2-3,5,7-9,11,15H,4,6,10H2,1H3,(H,20,21,24)/t15-/m1/s1. The van der Waals surface area contributed by atoms with Crippen LogP contribution in [0.1, 0.15) is 18.4 Å². The molecule has 1 N–H and O–H groups in total. The number of nitro benzene ring substituents is 1. The zero-order chi connectivity index (χ0) is 19.7. The maximum absolute atomic E-state index is 12.8. The van der Waals surface area contributed by atoms with Gasteiger partial charge in [-0.05, 0) is 55.5 Å². The van der Waals surface area contributed by atoms with Crippen LogP contribution >= 0.6 is 23.3 Å². The highest BCUT2D eigenvalue weighted by Gasteiger charge is 2.33. The molecule has 144 valence electrons. The first-order valence-corrected chi connectivity index (χ1v) is 10.5. The van der Waals surface area contributed by atoms with Gasteiger partial charge >= 0.3 is 0 Å². The van der Waals surface area contributed by atoms with Crippen LogP contribution < -0.4 is 5.32 Å². The molecule has 1 amide bonds. The van der Waals surface area contributed by atoms with Crippen molar-refractivity contribution in [3.63, 3.8) is 0 Å². The van der Waals surface area contributed by atoms with E-state index < -0.39 is 4.92 Å². The lowest BCUT2D eigenvalue weighted by molar-refractivity contribution is -0.387. The minimum Gasteiger partial charge on any atom is -0.301 e. The molecule has 1 aliphatic heterocycles. The molecule has 28 heavy (non-hydrogen) atoms. The topological polar surface area (TPSA) is 88.4 Å². The highest BCUT2D eigenvalue weighted by atomic mass is 32.2. The molecule has 1 fully saturated rings. The maximum Gasteiger partial charge on any atom is 0.284 e. The summed E-state index contributed by atoms with van der Waals surface area (Å²) in [5.74, 6) is -0.126. The Labute approximate surface area is 170 Å². The predicted molar refractivity (Wildman–Crippen MR) is 112 cm³/mol. The van der Waals surface area contributed by atoms with Gasteiger partial charge in [0, 0.05) is 12.6 Å². The first-order chi connectivity index (χ1) is 13.5. The van der Waals surface area contributed by atoms with E-state index in [1.807, 2.05) is 23.4 Å². The van der Waals surface area contributed by atoms with Gasteiger partial charge in [-0.3, -0.25) is 14.9 Å². The van der Waals surface area contributed by atoms with E-state index in [9.17, 15) is 14.9 Å². The summed E-state index contributed by atoms with van der Waals surface area (Å²) in [5, 5.41) is 14.8. The molecule has 4 rings (SSSR count). The molecule has 0 unspecified atom stereocenters. The van der Waals surface area contributed by atoms with Crippen LogP contribution in [0.3, 0.4) is 0 Å². The zero-order valence-corrected chi connectivity index (χ0v) is 16.8. The number of nitrogens with zero attached hydrogens (tertiary/aromatic N) is 3. The summed E-state index contributed by atoms with van der Waals surface area (Å²) in [6, 6.07) is 12.3. The van der Waals surface area contributed by atoms with Crippen molar-refractivity contribution in [2.45, 2.75) is 30.7 Å². The van der Waals surface area contributed by atoms with Crippen LogP contribution in [-0.2, 0) is 4.79 Å². The summed E-state index contributed by atoms with van der Waals surface area (Å²) in [6.07, 6.45) is 1.58. The number of para-hydroxylation sites is 1. The number of amides is 1. The second kappa shape index (κ2) is 7.86. The lowest BCUT2D eigenvalue weighted by Gasteiger charge is -2.21. The molecule has 0 radical (unpaired) electrons. The van der Waals surface area contributed by atoms with Gasteiger partial charge in [-0.25, -0.2) is 9.29 Å². The van der Waals surface area contributed by atoms with Crippen molar-refractivity contribution in [1.82, 2.24) is 9.29 Å². The molecule has 1 aromatic heterocycles. The number of nitrogens with one attached hydrogen (secondary N) is 1. The molecular weight excluding hydrogens is 396 g/mol. The number of thiazole rings is 1. The number of aryl methyl sites for hydroxylation is 1. The molecule has 2 heterocycles. The van der Waals surface area contributed by atoms with Crippen LogP contribution in [-0.4, -0.2) is 32.7 Å². The molecule has 0 aliphatic carbocycles. The van der Waals surface area contributed by atoms with E-state index in [1.165, 1.54) is 29.4 Å². The lowest BCUT2D eigenvalue weighted by Crippen LogP contribution is -2.35. The first kappa shape index (κ1) is 18.9. The number of carbonyl (C=O) groups excluding carboxylic acids is 1. The maximum atomic E-state index is 12.8. The van der Waals surface area contributed by atoms with Crippen LogP contribution in [0.15, 0.2) is 47.4 Å². The molecule has 1 saturated heterocycles. The summed E-state index contributed by atoms with van der Waals surface area (Å²) in [7, 11) is 0. The van der Waals surface area contributed by atoms with E-state index in [1.54, 1.807) is 18.2 Å². The van der Waals surface area contributed by atoms with Gasteiger partial charge in [0.15, 0.2) is 5.13 Å². The minimum atomic E-state index is -0.392. The van der Waals surface area contributed by atoms with Crippen molar-refractivity contribution in [1.29, 1.82) is 0 Å². The van der Waals surface area contributed by atoms with E-state index in [2.05, 4.69) is 16.4 Å². The Kier molecular flexibility index (Phi) is 5.29. The molecule has 1 aliphatic rings. The fourth-order valence-corrected chi connectivity index (χ4v) is 5.34. The fourth-order valence-electron chi connectivity index (χ4n) is 3.20. The van der Waals surface area contributed by atoms with Crippen LogP contribution in [0.25, 0.3) is 10.2 Å². The van der Waals surface area contributed by atoms with Crippen LogP contribution in [0.2, 0.25) is 0 Å². The normalized spacial score (nSPS) is 17.1. The molecule has 9 heteroatoms. The monoisotopic (exact) mass is 414 g/mol. The molecule has 0 spiro atoms. The average Bonchev–Trinajstić information content (AvgIpc) is 3.28. The number of benzene rings is 2. The van der Waals surface area contributed by atoms with Gasteiger partial charge in [-0.2, -0.15) is 0 Å². The number of hydrogen-bond acceptors (Lipinski definition) is 7. The number of anilines is 1. The number of hydrogen-bond donors (Lipinski definition) is 1. The first-order valence-electron chi connectivity index (χ1n) is 8.87. The molecule has 1 atom stereocenters. The summed E-state index contributed by atoms with van der Waals surface area (Å²) in [6.45, 7) is 2.72. The third-order valence-electron chi connectivity index (χ3n) is 4.56. The van der Waals surface area contributed by atoms with Crippen LogP contribution in [0, 0.1) is 17.0 Å². The van der Waals surface area contributed by atoms with Gasteiger partial charge in [-0.1, -0.05) is 29.5 Å². The Hall–Kier alpha value is -2.49. The van der Waals surface area contributed by atoms with Crippen molar-refractivity contribution in [2.75, 3.05) is 11.9 Å². The van der Waals surface area contributed by atoms with Gasteiger partial charge in [0.05, 0.1) is 21.2 Å². The van der Waals surface area contributed by atoms with E-state index >= 15 is 0 Å². The summed E-state index contributed by atoms with van der Waals surface area (Å²) in [5.41, 5.74) is 2.07. The van der Waals surface area contributed by atoms with Gasteiger partial charge in [0.1, 0.15) is 4.90 Å². The Balaban J connectivity index is 1.49. The van der Waals surface area contributed by atoms with Gasteiger partial charge in [0.2, 0.25) is 5.91 Å². The molecule has 0 bridgehead atoms. The quantitative estimate of drug-likeness (QED) is 0.372. The third-order valence-corrected chi connectivity index (χ3v) is 6.71. The van der Waals surface area contributed by atoms with Crippen molar-refractivity contribution >= 4 is 50.2 Å². The number of aromatic nitrogens is 1. The van der Waals surface area contributed by atoms with Gasteiger partial charge in [-0.15, -0.1) is 0 Å². The Morgan fingerprint density at radius 3 is 3.00 bits per heavy atom. The van der Waals surface area contributed by atoms with E-state index in [4.69, 9.17) is 0 Å². The van der Waals surface area contributed by atoms with Crippen molar-refractivity contribution in [3.05, 3.63) is 58.1 Å². The number of rotatable bonds is 5. The highest BCUT2D eigenvalue weighted by molar-refractivity contribution is 7.97. The van der Waals surface area contributed by atoms with Gasteiger partial charge in [0.25, 0.3) is 5.69 Å². The Bertz CT molecular complexity index is 1050. The highest BCUT2D eigenvalue weighted by Crippen LogP contribution is 2.36. The van der Waals surface area contributed by atoms with Crippen LogP contribution in [0.5, 0.6) is 0 Å². The second-order valence-corrected chi connectivity index (χ2v) is 8.72. The second-order valence-electron chi connectivity index (χ2n) is 6.59. The average molecular weight is 415 g/mol. The molecule has 0 saturated carbocycles. The van der Waals surface area contributed by atoms with Crippen LogP contribution in [0.4, 0.5) is 10.8 Å². The largest absolute Gasteiger partial charge is 0.301 e. The van der Waals surface area contributed by atoms with Crippen molar-refractivity contribution in [3.8, 4) is 0 Å². The number of nitro groups is 1. The summed E-state index contributed by atoms with van der Waals surface area (Å²) >= 11 is 2.73. The van der Waals surface area contributed by atoms with Crippen molar-refractivity contribution in [2.24, 2.45) is 0 Å². The Morgan fingerprint density at radius 2 is 2.18 bits per heavy atom. The lowest BCUT2D eigenvalue weighted by atomic mass is 10.2. The smallest absolute Gasteiger partial charge is 0.284 e.